The van der Waals surface area contributed by atoms with E-state index in [1.54, 1.807) is 26.2 Å². The van der Waals surface area contributed by atoms with Crippen molar-refractivity contribution in [1.29, 1.82) is 0 Å². The number of carbonyl (C=O) groups excluding carboxylic acids is 2. The van der Waals surface area contributed by atoms with Gasteiger partial charge in [-0.05, 0) is 38.1 Å². The van der Waals surface area contributed by atoms with Crippen LogP contribution >= 0.6 is 0 Å². The molecular weight excluding hydrogens is 452 g/mol. The minimum absolute atomic E-state index is 0.197. The largest absolute Gasteiger partial charge is 0.350 e. The SMILES string of the molecule is Cc1ccc(N(C)C(=O)CC(=O)N(C)c2ccc(C3OC4OC5COC(C)OC5C4O3)cc2)cc1. The summed E-state index contributed by atoms with van der Waals surface area (Å²) in [6.45, 7) is 4.28. The van der Waals surface area contributed by atoms with E-state index in [9.17, 15) is 9.59 Å². The summed E-state index contributed by atoms with van der Waals surface area (Å²) < 4.78 is 29.3. The Morgan fingerprint density at radius 1 is 0.829 bits per heavy atom. The molecule has 9 nitrogen and oxygen atoms in total. The van der Waals surface area contributed by atoms with Gasteiger partial charge >= 0.3 is 0 Å². The smallest absolute Gasteiger partial charge is 0.236 e. The van der Waals surface area contributed by atoms with Crippen molar-refractivity contribution in [3.05, 3.63) is 59.7 Å². The first-order chi connectivity index (χ1) is 16.8. The number of rotatable bonds is 5. The van der Waals surface area contributed by atoms with Crippen molar-refractivity contribution in [2.24, 2.45) is 0 Å². The third-order valence-electron chi connectivity index (χ3n) is 6.67. The minimum Gasteiger partial charge on any atom is -0.350 e. The molecule has 0 spiro atoms. The molecular formula is C26H30N2O7. The minimum atomic E-state index is -0.590. The van der Waals surface area contributed by atoms with Crippen LogP contribution in [0.2, 0.25) is 0 Å². The predicted molar refractivity (Wildman–Crippen MR) is 127 cm³/mol. The molecule has 3 fully saturated rings. The molecule has 186 valence electrons. The van der Waals surface area contributed by atoms with Gasteiger partial charge in [-0.3, -0.25) is 9.59 Å². The van der Waals surface area contributed by atoms with Crippen LogP contribution in [0.1, 0.15) is 30.8 Å². The first kappa shape index (κ1) is 23.9. The fourth-order valence-electron chi connectivity index (χ4n) is 4.47. The second kappa shape index (κ2) is 9.67. The van der Waals surface area contributed by atoms with E-state index >= 15 is 0 Å². The van der Waals surface area contributed by atoms with E-state index in [1.807, 2.05) is 50.2 Å². The van der Waals surface area contributed by atoms with Gasteiger partial charge in [0.25, 0.3) is 0 Å². The highest BCUT2D eigenvalue weighted by Gasteiger charge is 2.55. The van der Waals surface area contributed by atoms with Gasteiger partial charge in [0, 0.05) is 31.0 Å². The second-order valence-electron chi connectivity index (χ2n) is 9.12. The molecule has 3 aliphatic heterocycles. The van der Waals surface area contributed by atoms with E-state index in [2.05, 4.69) is 0 Å². The summed E-state index contributed by atoms with van der Waals surface area (Å²) in [4.78, 5) is 28.4. The summed E-state index contributed by atoms with van der Waals surface area (Å²) >= 11 is 0. The molecule has 5 rings (SSSR count). The third kappa shape index (κ3) is 4.82. The van der Waals surface area contributed by atoms with Gasteiger partial charge in [-0.25, -0.2) is 0 Å². The fraction of sp³-hybridized carbons (Fsp3) is 0.462. The number of hydrogen-bond acceptors (Lipinski definition) is 7. The second-order valence-corrected chi connectivity index (χ2v) is 9.12. The van der Waals surface area contributed by atoms with E-state index in [0.29, 0.717) is 12.3 Å². The monoisotopic (exact) mass is 482 g/mol. The van der Waals surface area contributed by atoms with E-state index in [0.717, 1.165) is 16.8 Å². The third-order valence-corrected chi connectivity index (χ3v) is 6.67. The fourth-order valence-corrected chi connectivity index (χ4v) is 4.47. The molecule has 3 heterocycles. The molecule has 2 aromatic rings. The average molecular weight is 483 g/mol. The Morgan fingerprint density at radius 2 is 1.43 bits per heavy atom. The maximum atomic E-state index is 12.8. The number of aryl methyl sites for hydroxylation is 1. The van der Waals surface area contributed by atoms with Gasteiger partial charge in [0.2, 0.25) is 11.8 Å². The highest BCUT2D eigenvalue weighted by Crippen LogP contribution is 2.42. The first-order valence-corrected chi connectivity index (χ1v) is 11.7. The van der Waals surface area contributed by atoms with E-state index < -0.39 is 12.6 Å². The van der Waals surface area contributed by atoms with Gasteiger partial charge < -0.3 is 33.5 Å². The Labute approximate surface area is 204 Å². The number of anilines is 2. The van der Waals surface area contributed by atoms with Crippen LogP contribution < -0.4 is 9.80 Å². The number of amides is 2. The summed E-state index contributed by atoms with van der Waals surface area (Å²) in [5, 5.41) is 0. The molecule has 9 heteroatoms. The Morgan fingerprint density at radius 3 is 2.06 bits per heavy atom. The van der Waals surface area contributed by atoms with E-state index in [-0.39, 0.29) is 42.8 Å². The normalized spacial score (nSPS) is 29.4. The molecule has 0 aliphatic carbocycles. The van der Waals surface area contributed by atoms with Gasteiger partial charge in [-0.1, -0.05) is 29.8 Å². The van der Waals surface area contributed by atoms with Crippen LogP contribution in [0, 0.1) is 6.92 Å². The van der Waals surface area contributed by atoms with Crippen LogP contribution in [0.25, 0.3) is 0 Å². The van der Waals surface area contributed by atoms with Gasteiger partial charge in [0.15, 0.2) is 18.9 Å². The lowest BCUT2D eigenvalue weighted by Gasteiger charge is -2.31. The molecule has 0 aromatic heterocycles. The molecule has 2 aromatic carbocycles. The van der Waals surface area contributed by atoms with Crippen molar-refractivity contribution in [3.8, 4) is 0 Å². The Balaban J connectivity index is 1.18. The van der Waals surface area contributed by atoms with Crippen LogP contribution in [0.15, 0.2) is 48.5 Å². The maximum absolute atomic E-state index is 12.8. The standard InChI is InChI=1S/C26H30N2O7/c1-15-5-9-18(10-6-15)27(3)21(29)13-22(30)28(4)19-11-7-17(8-12-19)25-34-24-23-20(33-26(24)35-25)14-31-16(2)32-23/h5-12,16,20,23-26H,13-14H2,1-4H3. The zero-order valence-electron chi connectivity index (χ0n) is 20.2. The van der Waals surface area contributed by atoms with Crippen LogP contribution in [0.5, 0.6) is 0 Å². The summed E-state index contributed by atoms with van der Waals surface area (Å²) in [6.07, 6.45) is -2.39. The van der Waals surface area contributed by atoms with Crippen molar-refractivity contribution in [1.82, 2.24) is 0 Å². The summed E-state index contributed by atoms with van der Waals surface area (Å²) in [6, 6.07) is 14.9. The highest BCUT2D eigenvalue weighted by molar-refractivity contribution is 6.09. The zero-order valence-corrected chi connectivity index (χ0v) is 20.2. The molecule has 0 saturated carbocycles. The van der Waals surface area contributed by atoms with E-state index in [1.165, 1.54) is 9.80 Å². The highest BCUT2D eigenvalue weighted by atomic mass is 16.8. The van der Waals surface area contributed by atoms with Crippen molar-refractivity contribution >= 4 is 23.2 Å². The average Bonchev–Trinajstić information content (AvgIpc) is 3.42. The van der Waals surface area contributed by atoms with Gasteiger partial charge in [-0.15, -0.1) is 0 Å². The number of nitrogens with zero attached hydrogens (tertiary/aromatic N) is 2. The zero-order chi connectivity index (χ0) is 24.7. The van der Waals surface area contributed by atoms with Crippen molar-refractivity contribution in [2.75, 3.05) is 30.5 Å². The van der Waals surface area contributed by atoms with E-state index in [4.69, 9.17) is 23.7 Å². The first-order valence-electron chi connectivity index (χ1n) is 11.7. The van der Waals surface area contributed by atoms with Crippen LogP contribution in [0.4, 0.5) is 11.4 Å². The Hall–Kier alpha value is -2.82. The molecule has 35 heavy (non-hydrogen) atoms. The van der Waals surface area contributed by atoms with Crippen LogP contribution in [-0.2, 0) is 33.3 Å². The lowest BCUT2D eigenvalue weighted by molar-refractivity contribution is -0.264. The van der Waals surface area contributed by atoms with Crippen molar-refractivity contribution < 1.29 is 33.3 Å². The quantitative estimate of drug-likeness (QED) is 0.606. The van der Waals surface area contributed by atoms with Gasteiger partial charge in [0.1, 0.15) is 24.7 Å². The summed E-state index contributed by atoms with van der Waals surface area (Å²) in [7, 11) is 3.32. The van der Waals surface area contributed by atoms with Crippen molar-refractivity contribution in [2.45, 2.75) is 57.5 Å². The Kier molecular flexibility index (Phi) is 6.61. The van der Waals surface area contributed by atoms with Gasteiger partial charge in [-0.2, -0.15) is 0 Å². The van der Waals surface area contributed by atoms with Crippen molar-refractivity contribution in [3.63, 3.8) is 0 Å². The maximum Gasteiger partial charge on any atom is 0.236 e. The number of carbonyl (C=O) groups is 2. The number of hydrogen-bond donors (Lipinski definition) is 0. The van der Waals surface area contributed by atoms with Gasteiger partial charge in [0.05, 0.1) is 6.61 Å². The number of ether oxygens (including phenoxy) is 5. The van der Waals surface area contributed by atoms with Crippen LogP contribution in [-0.4, -0.2) is 63.4 Å². The summed E-state index contributed by atoms with van der Waals surface area (Å²) in [5.74, 6) is -0.570. The predicted octanol–water partition coefficient (Wildman–Crippen LogP) is 2.91. The molecule has 0 N–H and O–H groups in total. The molecule has 3 aliphatic rings. The molecule has 0 radical (unpaired) electrons. The lowest BCUT2D eigenvalue weighted by Crippen LogP contribution is -2.45. The summed E-state index contributed by atoms with van der Waals surface area (Å²) in [5.41, 5.74) is 3.33. The number of benzene rings is 2. The molecule has 0 bridgehead atoms. The lowest BCUT2D eigenvalue weighted by atomic mass is 10.1. The molecule has 6 unspecified atom stereocenters. The topological polar surface area (TPSA) is 86.8 Å². The Bertz CT molecular complexity index is 1070. The molecule has 6 atom stereocenters. The molecule has 2 amide bonds. The molecule has 3 saturated heterocycles. The van der Waals surface area contributed by atoms with Crippen LogP contribution in [0.3, 0.4) is 0 Å². The number of fused-ring (bicyclic) bond motifs is 3.